The van der Waals surface area contributed by atoms with Crippen molar-refractivity contribution >= 4 is 17.5 Å². The molecular formula is C21H16F3N3O2. The van der Waals surface area contributed by atoms with E-state index in [9.17, 15) is 22.8 Å². The Balaban J connectivity index is 1.61. The molecule has 2 aromatic carbocycles. The van der Waals surface area contributed by atoms with Gasteiger partial charge in [-0.15, -0.1) is 0 Å². The summed E-state index contributed by atoms with van der Waals surface area (Å²) in [7, 11) is 0. The van der Waals surface area contributed by atoms with E-state index in [1.807, 2.05) is 0 Å². The summed E-state index contributed by atoms with van der Waals surface area (Å²) in [5, 5.41) is 4.98. The normalized spacial score (nSPS) is 10.4. The number of pyridine rings is 1. The fraction of sp³-hybridized carbons (Fsp3) is 0.0952. The van der Waals surface area contributed by atoms with E-state index in [1.165, 1.54) is 30.5 Å². The van der Waals surface area contributed by atoms with Crippen LogP contribution in [0.5, 0.6) is 0 Å². The maximum absolute atomic E-state index is 13.7. The zero-order valence-electron chi connectivity index (χ0n) is 15.1. The Morgan fingerprint density at radius 1 is 0.862 bits per heavy atom. The summed E-state index contributed by atoms with van der Waals surface area (Å²) in [5.74, 6) is -3.18. The molecule has 3 rings (SSSR count). The van der Waals surface area contributed by atoms with E-state index in [2.05, 4.69) is 15.6 Å². The summed E-state index contributed by atoms with van der Waals surface area (Å²) in [6.45, 7) is 0.315. The van der Waals surface area contributed by atoms with Gasteiger partial charge in [0.25, 0.3) is 11.8 Å². The summed E-state index contributed by atoms with van der Waals surface area (Å²) < 4.78 is 39.5. The highest BCUT2D eigenvalue weighted by Gasteiger charge is 2.14. The average molecular weight is 399 g/mol. The van der Waals surface area contributed by atoms with Crippen molar-refractivity contribution in [2.24, 2.45) is 0 Å². The zero-order chi connectivity index (χ0) is 20.8. The fourth-order valence-electron chi connectivity index (χ4n) is 2.55. The van der Waals surface area contributed by atoms with Crippen molar-refractivity contribution in [2.45, 2.75) is 6.42 Å². The number of carbonyl (C=O) groups is 2. The van der Waals surface area contributed by atoms with Gasteiger partial charge in [0, 0.05) is 24.4 Å². The first-order valence-corrected chi connectivity index (χ1v) is 8.67. The zero-order valence-corrected chi connectivity index (χ0v) is 15.1. The summed E-state index contributed by atoms with van der Waals surface area (Å²) in [6.07, 6.45) is 1.79. The molecule has 3 aromatic rings. The van der Waals surface area contributed by atoms with Crippen molar-refractivity contribution in [3.05, 3.63) is 95.1 Å². The van der Waals surface area contributed by atoms with Crippen LogP contribution < -0.4 is 10.6 Å². The van der Waals surface area contributed by atoms with Crippen LogP contribution in [0.2, 0.25) is 0 Å². The maximum atomic E-state index is 13.7. The van der Waals surface area contributed by atoms with Gasteiger partial charge in [-0.3, -0.25) is 14.6 Å². The molecule has 148 valence electrons. The molecule has 0 saturated carbocycles. The second-order valence-electron chi connectivity index (χ2n) is 6.14. The van der Waals surface area contributed by atoms with Gasteiger partial charge in [-0.25, -0.2) is 13.2 Å². The van der Waals surface area contributed by atoms with Gasteiger partial charge in [0.2, 0.25) is 0 Å². The molecule has 8 heteroatoms. The molecule has 0 unspecified atom stereocenters. The highest BCUT2D eigenvalue weighted by atomic mass is 19.1. The highest BCUT2D eigenvalue weighted by molar-refractivity contribution is 6.04. The molecule has 0 fully saturated rings. The minimum absolute atomic E-state index is 0.0973. The third kappa shape index (κ3) is 5.41. The number of aromatic nitrogens is 1. The largest absolute Gasteiger partial charge is 0.352 e. The van der Waals surface area contributed by atoms with Gasteiger partial charge in [-0.2, -0.15) is 0 Å². The molecule has 1 heterocycles. The minimum atomic E-state index is -0.923. The van der Waals surface area contributed by atoms with Crippen molar-refractivity contribution in [3.8, 4) is 0 Å². The number of carbonyl (C=O) groups excluding carboxylic acids is 2. The molecule has 0 saturated heterocycles. The number of benzene rings is 2. The van der Waals surface area contributed by atoms with Crippen LogP contribution in [0.25, 0.3) is 0 Å². The van der Waals surface area contributed by atoms with E-state index in [0.29, 0.717) is 19.0 Å². The van der Waals surface area contributed by atoms with E-state index in [4.69, 9.17) is 0 Å². The Hall–Kier alpha value is -3.68. The van der Waals surface area contributed by atoms with Gasteiger partial charge in [-0.1, -0.05) is 12.1 Å². The van der Waals surface area contributed by atoms with Crippen LogP contribution in [0.15, 0.2) is 60.8 Å². The Morgan fingerprint density at radius 2 is 1.59 bits per heavy atom. The molecule has 0 aliphatic rings. The number of nitrogens with one attached hydrogen (secondary N) is 2. The summed E-state index contributed by atoms with van der Waals surface area (Å²) in [6, 6.07) is 11.4. The molecule has 0 aliphatic carbocycles. The topological polar surface area (TPSA) is 71.1 Å². The second-order valence-corrected chi connectivity index (χ2v) is 6.14. The van der Waals surface area contributed by atoms with Crippen LogP contribution >= 0.6 is 0 Å². The third-order valence-electron chi connectivity index (χ3n) is 4.05. The van der Waals surface area contributed by atoms with Crippen LogP contribution in [-0.2, 0) is 6.42 Å². The first-order valence-electron chi connectivity index (χ1n) is 8.67. The average Bonchev–Trinajstić information content (AvgIpc) is 2.71. The van der Waals surface area contributed by atoms with Crippen molar-refractivity contribution < 1.29 is 22.8 Å². The van der Waals surface area contributed by atoms with E-state index in [-0.39, 0.29) is 22.8 Å². The lowest BCUT2D eigenvalue weighted by Gasteiger charge is -2.08. The van der Waals surface area contributed by atoms with Crippen LogP contribution in [0.3, 0.4) is 0 Å². The minimum Gasteiger partial charge on any atom is -0.352 e. The van der Waals surface area contributed by atoms with Gasteiger partial charge in [0.05, 0.1) is 5.69 Å². The summed E-state index contributed by atoms with van der Waals surface area (Å²) >= 11 is 0. The van der Waals surface area contributed by atoms with Crippen molar-refractivity contribution in [1.82, 2.24) is 10.3 Å². The standard InChI is InChI=1S/C21H16F3N3O2/c22-15-3-1-13(2-4-15)7-9-26-20(28)14-8-10-25-19(11-14)21(29)27-18-6-5-16(23)12-17(18)24/h1-6,8,10-12H,7,9H2,(H,26,28)(H,27,29). The molecule has 0 spiro atoms. The smallest absolute Gasteiger partial charge is 0.274 e. The van der Waals surface area contributed by atoms with Crippen LogP contribution in [-0.4, -0.2) is 23.3 Å². The molecule has 1 aromatic heterocycles. The first-order chi connectivity index (χ1) is 13.9. The number of hydrogen-bond acceptors (Lipinski definition) is 3. The lowest BCUT2D eigenvalue weighted by atomic mass is 10.1. The van der Waals surface area contributed by atoms with E-state index < -0.39 is 23.4 Å². The van der Waals surface area contributed by atoms with E-state index in [1.54, 1.807) is 12.1 Å². The van der Waals surface area contributed by atoms with Gasteiger partial charge in [0.15, 0.2) is 0 Å². The molecule has 2 N–H and O–H groups in total. The number of anilines is 1. The molecule has 0 bridgehead atoms. The Kier molecular flexibility index (Phi) is 6.23. The maximum Gasteiger partial charge on any atom is 0.274 e. The molecule has 5 nitrogen and oxygen atoms in total. The molecule has 29 heavy (non-hydrogen) atoms. The number of amides is 2. The lowest BCUT2D eigenvalue weighted by Crippen LogP contribution is -2.26. The fourth-order valence-corrected chi connectivity index (χ4v) is 2.55. The van der Waals surface area contributed by atoms with E-state index >= 15 is 0 Å². The lowest BCUT2D eigenvalue weighted by molar-refractivity contribution is 0.0954. The number of nitrogens with zero attached hydrogens (tertiary/aromatic N) is 1. The van der Waals surface area contributed by atoms with Crippen molar-refractivity contribution in [2.75, 3.05) is 11.9 Å². The number of rotatable bonds is 6. The Bertz CT molecular complexity index is 1040. The van der Waals surface area contributed by atoms with Crippen LogP contribution in [0.4, 0.5) is 18.9 Å². The SMILES string of the molecule is O=C(NCCc1ccc(F)cc1)c1ccnc(C(=O)Nc2ccc(F)cc2F)c1. The summed E-state index contributed by atoms with van der Waals surface area (Å²) in [4.78, 5) is 28.4. The van der Waals surface area contributed by atoms with E-state index in [0.717, 1.165) is 17.7 Å². The predicted molar refractivity (Wildman–Crippen MR) is 101 cm³/mol. The van der Waals surface area contributed by atoms with Crippen molar-refractivity contribution in [3.63, 3.8) is 0 Å². The second kappa shape index (κ2) is 9.01. The Labute approximate surface area is 164 Å². The third-order valence-corrected chi connectivity index (χ3v) is 4.05. The number of halogens is 3. The molecular weight excluding hydrogens is 383 g/mol. The van der Waals surface area contributed by atoms with Crippen molar-refractivity contribution in [1.29, 1.82) is 0 Å². The number of hydrogen-bond donors (Lipinski definition) is 2. The summed E-state index contributed by atoms with van der Waals surface area (Å²) in [5.41, 5.74) is 0.763. The molecule has 0 atom stereocenters. The molecule has 2 amide bonds. The van der Waals surface area contributed by atoms with Gasteiger partial charge in [0.1, 0.15) is 23.1 Å². The predicted octanol–water partition coefficient (Wildman–Crippen LogP) is 3.72. The molecule has 0 aliphatic heterocycles. The van der Waals surface area contributed by atoms with Gasteiger partial charge < -0.3 is 10.6 Å². The van der Waals surface area contributed by atoms with Gasteiger partial charge in [-0.05, 0) is 48.4 Å². The van der Waals surface area contributed by atoms with Gasteiger partial charge >= 0.3 is 0 Å². The molecule has 0 radical (unpaired) electrons. The monoisotopic (exact) mass is 399 g/mol. The highest BCUT2D eigenvalue weighted by Crippen LogP contribution is 2.16. The Morgan fingerprint density at radius 3 is 2.31 bits per heavy atom. The van der Waals surface area contributed by atoms with Crippen LogP contribution in [0.1, 0.15) is 26.4 Å². The quantitative estimate of drug-likeness (QED) is 0.664. The first kappa shape index (κ1) is 20.1. The van der Waals surface area contributed by atoms with Crippen LogP contribution in [0, 0.1) is 17.5 Å².